The van der Waals surface area contributed by atoms with E-state index in [0.717, 1.165) is 64.6 Å². The van der Waals surface area contributed by atoms with E-state index >= 15 is 0 Å². The Hall–Kier alpha value is -5.46. The summed E-state index contributed by atoms with van der Waals surface area (Å²) in [5.74, 6) is 2.60. The Bertz CT molecular complexity index is 2140. The minimum Gasteiger partial charge on any atom is -0.326 e. The molecule has 1 aliphatic carbocycles. The van der Waals surface area contributed by atoms with Crippen molar-refractivity contribution in [2.24, 2.45) is 31.7 Å². The highest BCUT2D eigenvalue weighted by molar-refractivity contribution is 5.85. The SMILES string of the molecule is CCC1CC(C(=O)CCc2ccc(-c3ccnc(Nc4cnn(C)c4)n3)cc2C)C1.Cc1cc(-c2ccnc(Nc3cnn(C)c3)n2)ccc1CN.Cl. The molecule has 6 aromatic rings. The molecule has 0 amide bonds. The lowest BCUT2D eigenvalue weighted by atomic mass is 9.71. The van der Waals surface area contributed by atoms with Crippen LogP contribution in [0.5, 0.6) is 0 Å². The summed E-state index contributed by atoms with van der Waals surface area (Å²) < 4.78 is 3.45. The second kappa shape index (κ2) is 17.8. The Morgan fingerprint density at radius 2 is 1.30 bits per heavy atom. The summed E-state index contributed by atoms with van der Waals surface area (Å²) in [5.41, 5.74) is 16.0. The Labute approximate surface area is 317 Å². The van der Waals surface area contributed by atoms with Gasteiger partial charge in [0.15, 0.2) is 0 Å². The largest absolute Gasteiger partial charge is 0.326 e. The lowest BCUT2D eigenvalue weighted by molar-refractivity contribution is -0.126. The van der Waals surface area contributed by atoms with Gasteiger partial charge in [-0.25, -0.2) is 19.9 Å². The van der Waals surface area contributed by atoms with Gasteiger partial charge in [0.25, 0.3) is 0 Å². The molecule has 1 aliphatic rings. The fourth-order valence-corrected chi connectivity index (χ4v) is 6.40. The van der Waals surface area contributed by atoms with Gasteiger partial charge in [-0.05, 0) is 85.5 Å². The van der Waals surface area contributed by atoms with Crippen molar-refractivity contribution in [1.29, 1.82) is 0 Å². The summed E-state index contributed by atoms with van der Waals surface area (Å²) in [7, 11) is 3.73. The third-order valence-corrected chi connectivity index (χ3v) is 9.64. The fraction of sp³-hybridized carbons (Fsp3) is 0.325. The van der Waals surface area contributed by atoms with Gasteiger partial charge < -0.3 is 16.4 Å². The van der Waals surface area contributed by atoms with Crippen LogP contribution in [0.3, 0.4) is 0 Å². The number of ketones is 1. The van der Waals surface area contributed by atoms with Gasteiger partial charge in [0.1, 0.15) is 5.78 Å². The number of aromatic nitrogens is 8. The summed E-state index contributed by atoms with van der Waals surface area (Å²) in [5, 5.41) is 14.6. The first-order valence-electron chi connectivity index (χ1n) is 17.8. The van der Waals surface area contributed by atoms with Crippen LogP contribution in [0.4, 0.5) is 23.3 Å². The molecule has 0 unspecified atom stereocenters. The van der Waals surface area contributed by atoms with Crippen LogP contribution in [0.1, 0.15) is 54.9 Å². The topological polar surface area (TPSA) is 154 Å². The number of aryl methyl sites for hydroxylation is 5. The molecule has 53 heavy (non-hydrogen) atoms. The first-order chi connectivity index (χ1) is 25.2. The fourth-order valence-electron chi connectivity index (χ4n) is 6.40. The number of carbonyl (C=O) groups is 1. The average molecular weight is 734 g/mol. The van der Waals surface area contributed by atoms with Crippen molar-refractivity contribution in [3.63, 3.8) is 0 Å². The predicted molar refractivity (Wildman–Crippen MR) is 212 cm³/mol. The molecule has 0 atom stereocenters. The molecule has 276 valence electrons. The molecule has 0 bridgehead atoms. The molecule has 0 spiro atoms. The highest BCUT2D eigenvalue weighted by Crippen LogP contribution is 2.37. The average Bonchev–Trinajstić information content (AvgIpc) is 3.73. The summed E-state index contributed by atoms with van der Waals surface area (Å²) in [6.07, 6.45) is 15.6. The number of Topliss-reactive ketones (excluding diaryl/α,β-unsaturated/α-hetero) is 1. The quantitative estimate of drug-likeness (QED) is 0.114. The second-order valence-corrected chi connectivity index (χ2v) is 13.5. The van der Waals surface area contributed by atoms with Crippen LogP contribution in [0.25, 0.3) is 22.5 Å². The Balaban J connectivity index is 0.000000210. The summed E-state index contributed by atoms with van der Waals surface area (Å²) in [6, 6.07) is 16.3. The molecule has 13 heteroatoms. The zero-order chi connectivity index (χ0) is 36.6. The van der Waals surface area contributed by atoms with E-state index in [0.29, 0.717) is 36.6 Å². The van der Waals surface area contributed by atoms with Crippen molar-refractivity contribution in [3.05, 3.63) is 108 Å². The number of nitrogens with zero attached hydrogens (tertiary/aromatic N) is 8. The van der Waals surface area contributed by atoms with Gasteiger partial charge in [-0.3, -0.25) is 14.2 Å². The molecule has 2 aromatic carbocycles. The van der Waals surface area contributed by atoms with Crippen LogP contribution in [0.15, 0.2) is 85.7 Å². The van der Waals surface area contributed by atoms with Crippen LogP contribution in [0.2, 0.25) is 0 Å². The standard InChI is InChI=1S/C24H29N5O.C16H18N6.ClH/c1-4-17-12-20(13-17)23(30)8-7-18-5-6-19(11-16(18)2)22-9-10-25-24(28-22)27-21-14-26-29(3)15-21;1-11-7-12(3-4-13(11)8-17)15-5-6-18-16(21-15)20-14-9-19-22(2)10-14;/h5-6,9-11,14-15,17,20H,4,7-8,12-13H2,1-3H3,(H,25,27,28);3-7,9-10H,8,17H2,1-2H3,(H,18,20,21);1H. The molecule has 0 saturated heterocycles. The molecule has 4 aromatic heterocycles. The van der Waals surface area contributed by atoms with E-state index in [1.54, 1.807) is 34.2 Å². The van der Waals surface area contributed by atoms with E-state index in [9.17, 15) is 4.79 Å². The van der Waals surface area contributed by atoms with Crippen LogP contribution in [-0.4, -0.2) is 45.3 Å². The minimum atomic E-state index is 0. The van der Waals surface area contributed by atoms with Crippen LogP contribution < -0.4 is 16.4 Å². The first-order valence-corrected chi connectivity index (χ1v) is 17.8. The van der Waals surface area contributed by atoms with Gasteiger partial charge in [0, 0.05) is 68.9 Å². The van der Waals surface area contributed by atoms with E-state index in [-0.39, 0.29) is 12.4 Å². The maximum absolute atomic E-state index is 12.4. The van der Waals surface area contributed by atoms with E-state index in [2.05, 4.69) is 85.8 Å². The molecule has 1 saturated carbocycles. The van der Waals surface area contributed by atoms with E-state index < -0.39 is 0 Å². The number of benzene rings is 2. The lowest BCUT2D eigenvalue weighted by Gasteiger charge is -2.33. The molecule has 7 rings (SSSR count). The number of nitrogens with two attached hydrogens (primary N) is 1. The van der Waals surface area contributed by atoms with Gasteiger partial charge in [-0.1, -0.05) is 37.6 Å². The highest BCUT2D eigenvalue weighted by atomic mass is 35.5. The first kappa shape index (κ1) is 38.8. The molecule has 0 aliphatic heterocycles. The molecule has 0 radical (unpaired) electrons. The maximum Gasteiger partial charge on any atom is 0.227 e. The van der Waals surface area contributed by atoms with Crippen molar-refractivity contribution < 1.29 is 4.79 Å². The van der Waals surface area contributed by atoms with Crippen molar-refractivity contribution >= 4 is 41.5 Å². The Morgan fingerprint density at radius 3 is 1.74 bits per heavy atom. The summed E-state index contributed by atoms with van der Waals surface area (Å²) in [4.78, 5) is 30.2. The van der Waals surface area contributed by atoms with E-state index in [4.69, 9.17) is 5.73 Å². The van der Waals surface area contributed by atoms with Crippen molar-refractivity contribution in [2.45, 2.75) is 59.4 Å². The zero-order valence-electron chi connectivity index (χ0n) is 31.0. The lowest BCUT2D eigenvalue weighted by Crippen LogP contribution is -2.30. The van der Waals surface area contributed by atoms with Gasteiger partial charge in [0.2, 0.25) is 11.9 Å². The number of halogens is 1. The molecular weight excluding hydrogens is 686 g/mol. The minimum absolute atomic E-state index is 0. The Kier molecular flexibility index (Phi) is 13.1. The number of hydrogen-bond acceptors (Lipinski definition) is 10. The smallest absolute Gasteiger partial charge is 0.227 e. The molecule has 4 heterocycles. The highest BCUT2D eigenvalue weighted by Gasteiger charge is 2.32. The van der Waals surface area contributed by atoms with E-state index in [1.165, 1.54) is 23.1 Å². The van der Waals surface area contributed by atoms with Gasteiger partial charge in [0.05, 0.1) is 35.2 Å². The number of rotatable bonds is 12. The summed E-state index contributed by atoms with van der Waals surface area (Å²) >= 11 is 0. The van der Waals surface area contributed by atoms with Crippen LogP contribution in [0, 0.1) is 25.7 Å². The van der Waals surface area contributed by atoms with Gasteiger partial charge >= 0.3 is 0 Å². The number of anilines is 4. The van der Waals surface area contributed by atoms with Crippen molar-refractivity contribution in [2.75, 3.05) is 10.6 Å². The molecule has 12 nitrogen and oxygen atoms in total. The Morgan fingerprint density at radius 1 is 0.792 bits per heavy atom. The van der Waals surface area contributed by atoms with Gasteiger partial charge in [-0.2, -0.15) is 10.2 Å². The summed E-state index contributed by atoms with van der Waals surface area (Å²) in [6.45, 7) is 6.92. The number of hydrogen-bond donors (Lipinski definition) is 3. The third kappa shape index (κ3) is 10.1. The third-order valence-electron chi connectivity index (χ3n) is 9.64. The van der Waals surface area contributed by atoms with Crippen LogP contribution >= 0.6 is 12.4 Å². The molecule has 1 fully saturated rings. The number of carbonyl (C=O) groups excluding carboxylic acids is 1. The molecule has 4 N–H and O–H groups in total. The monoisotopic (exact) mass is 733 g/mol. The molecular formula is C40H48ClN11O. The van der Waals surface area contributed by atoms with Gasteiger partial charge in [-0.15, -0.1) is 12.4 Å². The second-order valence-electron chi connectivity index (χ2n) is 13.5. The van der Waals surface area contributed by atoms with Crippen molar-refractivity contribution in [1.82, 2.24) is 39.5 Å². The predicted octanol–water partition coefficient (Wildman–Crippen LogP) is 7.68. The number of nitrogens with one attached hydrogen (secondary N) is 2. The van der Waals surface area contributed by atoms with E-state index in [1.807, 2.05) is 50.8 Å². The normalized spacial score (nSPS) is 14.7. The van der Waals surface area contributed by atoms with Crippen molar-refractivity contribution in [3.8, 4) is 22.5 Å². The van der Waals surface area contributed by atoms with Crippen LogP contribution in [-0.2, 0) is 31.9 Å². The maximum atomic E-state index is 12.4. The zero-order valence-corrected chi connectivity index (χ0v) is 31.8.